The minimum atomic E-state index is -3.75. The summed E-state index contributed by atoms with van der Waals surface area (Å²) in [6.07, 6.45) is 0.0473. The summed E-state index contributed by atoms with van der Waals surface area (Å²) in [5, 5.41) is 17.7. The third-order valence-corrected chi connectivity index (χ3v) is 5.02. The van der Waals surface area contributed by atoms with Crippen LogP contribution in [0.3, 0.4) is 0 Å². The van der Waals surface area contributed by atoms with Gasteiger partial charge in [0.15, 0.2) is 0 Å². The number of hydrogen-bond acceptors (Lipinski definition) is 4. The Hall–Kier alpha value is -2.63. The van der Waals surface area contributed by atoms with Crippen LogP contribution in [0, 0.1) is 22.7 Å². The fraction of sp³-hybridized carbons (Fsp3) is 0.125. The number of hydrogen-bond donors (Lipinski definition) is 0. The van der Waals surface area contributed by atoms with E-state index in [-0.39, 0.29) is 22.6 Å². The van der Waals surface area contributed by atoms with Gasteiger partial charge in [-0.2, -0.15) is 10.5 Å². The first-order valence-electron chi connectivity index (χ1n) is 6.26. The van der Waals surface area contributed by atoms with Gasteiger partial charge in [0, 0.05) is 0 Å². The molecule has 0 amide bonds. The Kier molecular flexibility index (Phi) is 4.37. The monoisotopic (exact) mass is 296 g/mol. The van der Waals surface area contributed by atoms with Crippen molar-refractivity contribution in [3.63, 3.8) is 0 Å². The molecule has 0 aromatic heterocycles. The summed E-state index contributed by atoms with van der Waals surface area (Å²) in [6, 6.07) is 16.8. The van der Waals surface area contributed by atoms with Gasteiger partial charge >= 0.3 is 0 Å². The molecule has 0 saturated carbocycles. The molecule has 0 unspecified atom stereocenters. The van der Waals surface area contributed by atoms with Crippen molar-refractivity contribution >= 4 is 9.84 Å². The van der Waals surface area contributed by atoms with Crippen molar-refractivity contribution in [3.05, 3.63) is 59.7 Å². The lowest BCUT2D eigenvalue weighted by Crippen LogP contribution is -2.08. The molecule has 0 heterocycles. The van der Waals surface area contributed by atoms with E-state index in [9.17, 15) is 8.42 Å². The molecule has 21 heavy (non-hydrogen) atoms. The minimum absolute atomic E-state index is 0.0236. The van der Waals surface area contributed by atoms with Crippen LogP contribution in [0.25, 0.3) is 0 Å². The predicted molar refractivity (Wildman–Crippen MR) is 77.0 cm³/mol. The smallest absolute Gasteiger partial charge is 0.207 e. The highest BCUT2D eigenvalue weighted by Crippen LogP contribution is 2.27. The third-order valence-electron chi connectivity index (χ3n) is 3.06. The molecule has 0 fully saturated rings. The quantitative estimate of drug-likeness (QED) is 0.868. The number of sulfone groups is 1. The van der Waals surface area contributed by atoms with Crippen LogP contribution in [0.5, 0.6) is 0 Å². The molecule has 0 radical (unpaired) electrons. The van der Waals surface area contributed by atoms with Crippen LogP contribution in [-0.4, -0.2) is 8.42 Å². The normalized spacial score (nSPS) is 10.6. The molecule has 2 aromatic rings. The Morgan fingerprint density at radius 1 is 0.762 bits per heavy atom. The van der Waals surface area contributed by atoms with Crippen LogP contribution in [0.2, 0.25) is 0 Å². The zero-order valence-corrected chi connectivity index (χ0v) is 12.0. The molecule has 0 spiro atoms. The Bertz CT molecular complexity index is 778. The second-order valence-corrected chi connectivity index (χ2v) is 6.28. The highest BCUT2D eigenvalue weighted by molar-refractivity contribution is 7.91. The largest absolute Gasteiger partial charge is 0.218 e. The topological polar surface area (TPSA) is 81.7 Å². The molecule has 0 atom stereocenters. The first-order chi connectivity index (χ1) is 10.1. The summed E-state index contributed by atoms with van der Waals surface area (Å²) in [5.74, 6) is 0. The van der Waals surface area contributed by atoms with Gasteiger partial charge in [0.1, 0.15) is 0 Å². The summed E-state index contributed by atoms with van der Waals surface area (Å²) in [5.41, 5.74) is 0.929. The lowest BCUT2D eigenvalue weighted by Gasteiger charge is -2.11. The van der Waals surface area contributed by atoms with Crippen molar-refractivity contribution in [2.75, 3.05) is 0 Å². The van der Waals surface area contributed by atoms with Gasteiger partial charge in [-0.1, -0.05) is 36.4 Å². The van der Waals surface area contributed by atoms with E-state index in [1.165, 1.54) is 12.1 Å². The maximum absolute atomic E-state index is 12.8. The molecule has 0 aliphatic heterocycles. The zero-order valence-electron chi connectivity index (χ0n) is 11.2. The molecule has 104 valence electrons. The number of benzene rings is 2. The molecule has 0 saturated heterocycles. The van der Waals surface area contributed by atoms with Gasteiger partial charge in [0.25, 0.3) is 0 Å². The second-order valence-electron chi connectivity index (χ2n) is 4.39. The lowest BCUT2D eigenvalue weighted by molar-refractivity contribution is 0.594. The van der Waals surface area contributed by atoms with Crippen LogP contribution >= 0.6 is 0 Å². The maximum atomic E-state index is 12.8. The Balaban J connectivity index is 2.65. The summed E-state index contributed by atoms with van der Waals surface area (Å²) in [6.45, 7) is 0. The van der Waals surface area contributed by atoms with Crippen LogP contribution in [0.4, 0.5) is 0 Å². The first-order valence-corrected chi connectivity index (χ1v) is 7.74. The van der Waals surface area contributed by atoms with Crippen LogP contribution in [0.15, 0.2) is 58.3 Å². The molecule has 5 heteroatoms. The van der Waals surface area contributed by atoms with Gasteiger partial charge in [-0.25, -0.2) is 8.42 Å². The fourth-order valence-electron chi connectivity index (χ4n) is 2.11. The van der Waals surface area contributed by atoms with Crippen LogP contribution < -0.4 is 0 Å². The van der Waals surface area contributed by atoms with Crippen molar-refractivity contribution < 1.29 is 8.42 Å². The molecular formula is C16H12N2O2S. The van der Waals surface area contributed by atoms with Gasteiger partial charge < -0.3 is 0 Å². The molecule has 0 bridgehead atoms. The summed E-state index contributed by atoms with van der Waals surface area (Å²) in [4.78, 5) is 0.244. The van der Waals surface area contributed by atoms with Crippen LogP contribution in [-0.2, 0) is 22.7 Å². The maximum Gasteiger partial charge on any atom is 0.207 e. The summed E-state index contributed by atoms with van der Waals surface area (Å²) in [7, 11) is -3.75. The van der Waals surface area contributed by atoms with Crippen molar-refractivity contribution in [2.24, 2.45) is 0 Å². The van der Waals surface area contributed by atoms with Gasteiger partial charge in [0.05, 0.1) is 34.8 Å². The van der Waals surface area contributed by atoms with Gasteiger partial charge in [-0.05, 0) is 23.3 Å². The van der Waals surface area contributed by atoms with Gasteiger partial charge in [0.2, 0.25) is 9.84 Å². The highest BCUT2D eigenvalue weighted by Gasteiger charge is 2.23. The summed E-state index contributed by atoms with van der Waals surface area (Å²) < 4.78 is 25.6. The van der Waals surface area contributed by atoms with Crippen molar-refractivity contribution in [3.8, 4) is 12.1 Å². The molecule has 0 N–H and O–H groups in total. The lowest BCUT2D eigenvalue weighted by atomic mass is 10.2. The molecule has 2 rings (SSSR count). The fourth-order valence-corrected chi connectivity index (χ4v) is 3.84. The zero-order chi connectivity index (χ0) is 15.3. The first kappa shape index (κ1) is 14.8. The average molecular weight is 296 g/mol. The average Bonchev–Trinajstić information content (AvgIpc) is 2.49. The number of nitrogens with zero attached hydrogens (tertiary/aromatic N) is 2. The van der Waals surface area contributed by atoms with E-state index in [0.717, 1.165) is 0 Å². The van der Waals surface area contributed by atoms with E-state index in [1.807, 2.05) is 12.1 Å². The number of rotatable bonds is 4. The Morgan fingerprint density at radius 3 is 1.52 bits per heavy atom. The van der Waals surface area contributed by atoms with E-state index >= 15 is 0 Å². The van der Waals surface area contributed by atoms with Crippen molar-refractivity contribution in [2.45, 2.75) is 22.6 Å². The minimum Gasteiger partial charge on any atom is -0.218 e. The Morgan fingerprint density at radius 2 is 1.14 bits per heavy atom. The number of nitriles is 2. The summed E-state index contributed by atoms with van der Waals surface area (Å²) >= 11 is 0. The molecule has 0 aliphatic rings. The van der Waals surface area contributed by atoms with E-state index in [0.29, 0.717) is 11.1 Å². The van der Waals surface area contributed by atoms with E-state index in [4.69, 9.17) is 10.5 Å². The van der Waals surface area contributed by atoms with Gasteiger partial charge in [-0.15, -0.1) is 0 Å². The van der Waals surface area contributed by atoms with Crippen LogP contribution in [0.1, 0.15) is 11.1 Å². The molecular weight excluding hydrogens is 284 g/mol. The SMILES string of the molecule is N#CCc1ccccc1S(=O)(=O)c1ccccc1CC#N. The highest BCUT2D eigenvalue weighted by atomic mass is 32.2. The van der Waals surface area contributed by atoms with E-state index in [1.54, 1.807) is 36.4 Å². The van der Waals surface area contributed by atoms with Crippen molar-refractivity contribution in [1.82, 2.24) is 0 Å². The Labute approximate surface area is 123 Å². The third kappa shape index (κ3) is 2.94. The second kappa shape index (κ2) is 6.21. The standard InChI is InChI=1S/C16H12N2O2S/c17-11-9-13-5-1-3-7-15(13)21(19,20)16-8-4-2-6-14(16)10-12-18/h1-8H,9-10H2. The van der Waals surface area contributed by atoms with Gasteiger partial charge in [-0.3, -0.25) is 0 Å². The predicted octanol–water partition coefficient (Wildman–Crippen LogP) is 2.65. The molecule has 4 nitrogen and oxygen atoms in total. The van der Waals surface area contributed by atoms with Crippen molar-refractivity contribution in [1.29, 1.82) is 10.5 Å². The van der Waals surface area contributed by atoms with E-state index in [2.05, 4.69) is 0 Å². The molecule has 0 aliphatic carbocycles. The molecule has 2 aromatic carbocycles. The van der Waals surface area contributed by atoms with E-state index < -0.39 is 9.84 Å².